The minimum absolute atomic E-state index is 0.0698. The summed E-state index contributed by atoms with van der Waals surface area (Å²) in [6.45, 7) is 8.07. The second-order valence-electron chi connectivity index (χ2n) is 6.57. The van der Waals surface area contributed by atoms with E-state index in [1.165, 1.54) is 0 Å². The van der Waals surface area contributed by atoms with E-state index < -0.39 is 5.60 Å². The summed E-state index contributed by atoms with van der Waals surface area (Å²) >= 11 is 0. The Morgan fingerprint density at radius 3 is 2.55 bits per heavy atom. The van der Waals surface area contributed by atoms with Crippen LogP contribution in [0.2, 0.25) is 0 Å². The smallest absolute Gasteiger partial charge is 0.212 e. The van der Waals surface area contributed by atoms with E-state index in [9.17, 15) is 4.79 Å². The fourth-order valence-corrected chi connectivity index (χ4v) is 3.02. The number of hydrogen-bond acceptors (Lipinski definition) is 4. The zero-order valence-corrected chi connectivity index (χ0v) is 12.9. The number of nitrogens with zero attached hydrogens (tertiary/aromatic N) is 1. The van der Waals surface area contributed by atoms with Crippen molar-refractivity contribution >= 4 is 5.78 Å². The van der Waals surface area contributed by atoms with Crippen molar-refractivity contribution in [3.63, 3.8) is 0 Å². The van der Waals surface area contributed by atoms with Crippen LogP contribution in [0.5, 0.6) is 5.88 Å². The molecule has 0 aliphatic carbocycles. The van der Waals surface area contributed by atoms with Crippen LogP contribution in [0.1, 0.15) is 39.7 Å². The Balaban J connectivity index is 2.08. The predicted octanol–water partition coefficient (Wildman–Crippen LogP) is 2.80. The van der Waals surface area contributed by atoms with E-state index >= 15 is 0 Å². The molecule has 20 heavy (non-hydrogen) atoms. The van der Waals surface area contributed by atoms with Gasteiger partial charge in [-0.1, -0.05) is 6.07 Å². The molecular formula is C16H23NO3. The van der Waals surface area contributed by atoms with Gasteiger partial charge in [0, 0.05) is 24.6 Å². The quantitative estimate of drug-likeness (QED) is 0.849. The third-order valence-electron chi connectivity index (χ3n) is 3.85. The van der Waals surface area contributed by atoms with Gasteiger partial charge >= 0.3 is 0 Å². The second kappa shape index (κ2) is 5.17. The fraction of sp³-hybridized carbons (Fsp3) is 0.625. The molecule has 2 rings (SSSR count). The molecule has 0 N–H and O–H groups in total. The van der Waals surface area contributed by atoms with Gasteiger partial charge in [-0.3, -0.25) is 4.79 Å². The van der Waals surface area contributed by atoms with Crippen LogP contribution in [0.3, 0.4) is 0 Å². The van der Waals surface area contributed by atoms with Crippen LogP contribution in [0, 0.1) is 5.92 Å². The minimum atomic E-state index is -0.402. The number of Topliss-reactive ketones (excluding diaryl/α,β-unsaturated/α-hetero) is 1. The van der Waals surface area contributed by atoms with Gasteiger partial charge in [0.05, 0.1) is 18.3 Å². The molecule has 0 aromatic carbocycles. The molecule has 1 fully saturated rings. The lowest BCUT2D eigenvalue weighted by Crippen LogP contribution is -2.34. The molecule has 1 aliphatic heterocycles. The molecule has 1 aromatic rings. The van der Waals surface area contributed by atoms with Crippen molar-refractivity contribution in [2.24, 2.45) is 5.92 Å². The standard InChI is InChI=1S/C16H23NO3/c1-15(2)9-12(16(3,4)20-15)13(18)8-11-6-7-14(19-5)17-10-11/h6-7,10,12H,8-9H2,1-5H3. The predicted molar refractivity (Wildman–Crippen MR) is 76.9 cm³/mol. The Morgan fingerprint density at radius 1 is 1.40 bits per heavy atom. The first kappa shape index (κ1) is 15.0. The van der Waals surface area contributed by atoms with Gasteiger partial charge in [0.15, 0.2) is 0 Å². The number of ether oxygens (including phenoxy) is 2. The van der Waals surface area contributed by atoms with E-state index in [0.29, 0.717) is 12.3 Å². The van der Waals surface area contributed by atoms with Crippen molar-refractivity contribution in [2.45, 2.75) is 51.7 Å². The SMILES string of the molecule is COc1ccc(CC(=O)C2CC(C)(C)OC2(C)C)cn1. The Morgan fingerprint density at radius 2 is 2.10 bits per heavy atom. The number of ketones is 1. The van der Waals surface area contributed by atoms with E-state index in [-0.39, 0.29) is 17.3 Å². The average Bonchev–Trinajstić information content (AvgIpc) is 2.58. The van der Waals surface area contributed by atoms with Crippen LogP contribution in [0.25, 0.3) is 0 Å². The molecular weight excluding hydrogens is 254 g/mol. The highest BCUT2D eigenvalue weighted by Crippen LogP contribution is 2.42. The number of pyridine rings is 1. The Labute approximate surface area is 120 Å². The third kappa shape index (κ3) is 3.18. The lowest BCUT2D eigenvalue weighted by atomic mass is 9.82. The molecule has 0 bridgehead atoms. The van der Waals surface area contributed by atoms with E-state index in [1.807, 2.05) is 33.8 Å². The number of hydrogen-bond donors (Lipinski definition) is 0. The van der Waals surface area contributed by atoms with E-state index in [1.54, 1.807) is 19.4 Å². The van der Waals surface area contributed by atoms with Crippen molar-refractivity contribution in [2.75, 3.05) is 7.11 Å². The molecule has 1 atom stereocenters. The molecule has 4 nitrogen and oxygen atoms in total. The first-order valence-electron chi connectivity index (χ1n) is 6.95. The first-order valence-corrected chi connectivity index (χ1v) is 6.95. The van der Waals surface area contributed by atoms with Gasteiger partial charge in [-0.05, 0) is 39.7 Å². The number of rotatable bonds is 4. The largest absolute Gasteiger partial charge is 0.481 e. The number of carbonyl (C=O) groups excluding carboxylic acids is 1. The number of aromatic nitrogens is 1. The van der Waals surface area contributed by atoms with Crippen molar-refractivity contribution < 1.29 is 14.3 Å². The second-order valence-corrected chi connectivity index (χ2v) is 6.57. The maximum absolute atomic E-state index is 12.5. The minimum Gasteiger partial charge on any atom is -0.481 e. The summed E-state index contributed by atoms with van der Waals surface area (Å²) in [5.74, 6) is 0.707. The maximum atomic E-state index is 12.5. The van der Waals surface area contributed by atoms with E-state index in [4.69, 9.17) is 9.47 Å². The number of methoxy groups -OCH3 is 1. The Bertz CT molecular complexity index is 491. The zero-order chi connectivity index (χ0) is 15.0. The molecule has 1 aliphatic rings. The number of carbonyl (C=O) groups is 1. The van der Waals surface area contributed by atoms with Gasteiger partial charge in [0.2, 0.25) is 5.88 Å². The molecule has 0 amide bonds. The van der Waals surface area contributed by atoms with Gasteiger partial charge in [-0.2, -0.15) is 0 Å². The lowest BCUT2D eigenvalue weighted by molar-refractivity contribution is -0.128. The molecule has 1 unspecified atom stereocenters. The molecule has 0 radical (unpaired) electrons. The molecule has 2 heterocycles. The zero-order valence-electron chi connectivity index (χ0n) is 12.9. The molecule has 4 heteroatoms. The first-order chi connectivity index (χ1) is 9.23. The van der Waals surface area contributed by atoms with E-state index in [0.717, 1.165) is 12.0 Å². The summed E-state index contributed by atoms with van der Waals surface area (Å²) in [5.41, 5.74) is 0.277. The van der Waals surface area contributed by atoms with Gasteiger partial charge in [0.1, 0.15) is 5.78 Å². The average molecular weight is 277 g/mol. The highest BCUT2D eigenvalue weighted by atomic mass is 16.5. The topological polar surface area (TPSA) is 48.4 Å². The monoisotopic (exact) mass is 277 g/mol. The van der Waals surface area contributed by atoms with Crippen LogP contribution in [-0.4, -0.2) is 29.1 Å². The summed E-state index contributed by atoms with van der Waals surface area (Å²) in [7, 11) is 1.58. The van der Waals surface area contributed by atoms with Crippen LogP contribution in [-0.2, 0) is 16.0 Å². The van der Waals surface area contributed by atoms with Gasteiger partial charge < -0.3 is 9.47 Å². The van der Waals surface area contributed by atoms with Crippen LogP contribution in [0.4, 0.5) is 0 Å². The molecule has 110 valence electrons. The summed E-state index contributed by atoms with van der Waals surface area (Å²) < 4.78 is 11.0. The molecule has 1 aromatic heterocycles. The fourth-order valence-electron chi connectivity index (χ4n) is 3.02. The highest BCUT2D eigenvalue weighted by Gasteiger charge is 2.48. The lowest BCUT2D eigenvalue weighted by Gasteiger charge is -2.26. The van der Waals surface area contributed by atoms with Gasteiger partial charge in [-0.15, -0.1) is 0 Å². The summed E-state index contributed by atoms with van der Waals surface area (Å²) in [4.78, 5) is 16.7. The van der Waals surface area contributed by atoms with Crippen LogP contribution in [0.15, 0.2) is 18.3 Å². The maximum Gasteiger partial charge on any atom is 0.212 e. The van der Waals surface area contributed by atoms with Crippen LogP contribution >= 0.6 is 0 Å². The van der Waals surface area contributed by atoms with Crippen LogP contribution < -0.4 is 4.74 Å². The van der Waals surface area contributed by atoms with Crippen molar-refractivity contribution in [1.29, 1.82) is 0 Å². The Hall–Kier alpha value is -1.42. The molecule has 0 saturated carbocycles. The third-order valence-corrected chi connectivity index (χ3v) is 3.85. The van der Waals surface area contributed by atoms with Crippen molar-refractivity contribution in [3.05, 3.63) is 23.9 Å². The Kier molecular flexibility index (Phi) is 3.87. The highest BCUT2D eigenvalue weighted by molar-refractivity contribution is 5.84. The summed E-state index contributed by atoms with van der Waals surface area (Å²) in [5, 5.41) is 0. The summed E-state index contributed by atoms with van der Waals surface area (Å²) in [6.07, 6.45) is 2.86. The molecule has 1 saturated heterocycles. The van der Waals surface area contributed by atoms with Crippen molar-refractivity contribution in [3.8, 4) is 5.88 Å². The van der Waals surface area contributed by atoms with E-state index in [2.05, 4.69) is 4.98 Å². The van der Waals surface area contributed by atoms with Crippen molar-refractivity contribution in [1.82, 2.24) is 4.98 Å². The summed E-state index contributed by atoms with van der Waals surface area (Å²) in [6, 6.07) is 3.67. The van der Waals surface area contributed by atoms with Gasteiger partial charge in [-0.25, -0.2) is 4.98 Å². The normalized spacial score (nSPS) is 23.6. The molecule has 0 spiro atoms. The van der Waals surface area contributed by atoms with Gasteiger partial charge in [0.25, 0.3) is 0 Å².